The molecule has 0 saturated heterocycles. The van der Waals surface area contributed by atoms with Gasteiger partial charge < -0.3 is 9.32 Å². The fourth-order valence-corrected chi connectivity index (χ4v) is 7.01. The van der Waals surface area contributed by atoms with E-state index >= 15 is 0 Å². The highest BCUT2D eigenvalue weighted by Gasteiger charge is 2.13. The van der Waals surface area contributed by atoms with Crippen LogP contribution in [0.25, 0.3) is 78.0 Å². The first-order valence-electron chi connectivity index (χ1n) is 16.9. The van der Waals surface area contributed by atoms with Crippen LogP contribution in [0.5, 0.6) is 0 Å². The van der Waals surface area contributed by atoms with Crippen LogP contribution < -0.4 is 15.3 Å². The summed E-state index contributed by atoms with van der Waals surface area (Å²) in [5, 5.41) is 9.28. The molecule has 0 radical (unpaired) electrons. The Labute approximate surface area is 290 Å². The molecule has 2 heteroatoms. The van der Waals surface area contributed by atoms with Gasteiger partial charge in [0.1, 0.15) is 11.2 Å². The molecule has 9 rings (SSSR count). The van der Waals surface area contributed by atoms with Gasteiger partial charge in [-0.1, -0.05) is 134 Å². The maximum Gasteiger partial charge on any atom is 0.137 e. The second-order valence-corrected chi connectivity index (χ2v) is 12.7. The Morgan fingerprint density at radius 1 is 0.420 bits per heavy atom. The molecule has 8 aromatic carbocycles. The van der Waals surface area contributed by atoms with Gasteiger partial charge in [0.15, 0.2) is 0 Å². The normalized spacial score (nSPS) is 12.3. The van der Waals surface area contributed by atoms with Gasteiger partial charge in [0, 0.05) is 34.4 Å². The van der Waals surface area contributed by atoms with Crippen molar-refractivity contribution in [2.45, 2.75) is 0 Å². The molecule has 0 aliphatic carbocycles. The average Bonchev–Trinajstić information content (AvgIpc) is 3.55. The average molecular weight is 640 g/mol. The van der Waals surface area contributed by atoms with Gasteiger partial charge in [0.05, 0.1) is 0 Å². The van der Waals surface area contributed by atoms with E-state index in [2.05, 4.69) is 175 Å². The molecule has 1 heterocycles. The van der Waals surface area contributed by atoms with E-state index in [1.165, 1.54) is 43.8 Å². The topological polar surface area (TPSA) is 16.4 Å². The van der Waals surface area contributed by atoms with Crippen molar-refractivity contribution in [3.8, 4) is 22.3 Å². The highest BCUT2D eigenvalue weighted by Crippen LogP contribution is 2.36. The predicted octanol–water partition coefficient (Wildman–Crippen LogP) is 11.8. The third kappa shape index (κ3) is 5.43. The van der Waals surface area contributed by atoms with Gasteiger partial charge in [-0.3, -0.25) is 0 Å². The molecule has 0 atom stereocenters. The lowest BCUT2D eigenvalue weighted by Gasteiger charge is -2.22. The quantitative estimate of drug-likeness (QED) is 0.180. The Morgan fingerprint density at radius 3 is 1.68 bits per heavy atom. The van der Waals surface area contributed by atoms with Crippen molar-refractivity contribution in [1.82, 2.24) is 0 Å². The van der Waals surface area contributed by atoms with E-state index in [-0.39, 0.29) is 0 Å². The van der Waals surface area contributed by atoms with Crippen LogP contribution in [-0.4, -0.2) is 0 Å². The molecular weight excluding hydrogens is 607 g/mol. The second kappa shape index (κ2) is 12.4. The minimum Gasteiger partial charge on any atom is -0.456 e. The Balaban J connectivity index is 1.12. The van der Waals surface area contributed by atoms with Gasteiger partial charge in [-0.2, -0.15) is 0 Å². The maximum atomic E-state index is 6.31. The fourth-order valence-electron chi connectivity index (χ4n) is 7.01. The number of anilines is 2. The summed E-state index contributed by atoms with van der Waals surface area (Å²) in [4.78, 5) is 2.25. The van der Waals surface area contributed by atoms with Crippen molar-refractivity contribution in [1.29, 1.82) is 0 Å². The standard InChI is InChI=1S/C48H33NO/c1-2-10-33-13-6-7-14-42(33)32-49(44-25-26-46-45-15-8-9-16-47(45)50-48(46)31-44)43-24-23-40-29-39(21-22-41(40)30-43)38-20-19-36-27-35(17-18-37(36)28-38)34-11-4-3-5-12-34/h2-32H,1H2/b33-10-,42-32+. The molecule has 236 valence electrons. The van der Waals surface area contributed by atoms with Gasteiger partial charge in [-0.15, -0.1) is 0 Å². The van der Waals surface area contributed by atoms with Gasteiger partial charge in [-0.25, -0.2) is 0 Å². The largest absolute Gasteiger partial charge is 0.456 e. The predicted molar refractivity (Wildman–Crippen MR) is 213 cm³/mol. The molecule has 0 bridgehead atoms. The number of benzene rings is 8. The molecule has 0 spiro atoms. The summed E-state index contributed by atoms with van der Waals surface area (Å²) in [6, 6.07) is 60.6. The Morgan fingerprint density at radius 2 is 0.960 bits per heavy atom. The van der Waals surface area contributed by atoms with Crippen LogP contribution in [-0.2, 0) is 0 Å². The molecule has 0 N–H and O–H groups in total. The van der Waals surface area contributed by atoms with Crippen LogP contribution in [0.3, 0.4) is 0 Å². The zero-order chi connectivity index (χ0) is 33.4. The molecular formula is C48H33NO. The van der Waals surface area contributed by atoms with Gasteiger partial charge in [-0.05, 0) is 103 Å². The van der Waals surface area contributed by atoms with Crippen molar-refractivity contribution >= 4 is 67.1 Å². The fraction of sp³-hybridized carbons (Fsp3) is 0. The molecule has 2 nitrogen and oxygen atoms in total. The summed E-state index contributed by atoms with van der Waals surface area (Å²) in [7, 11) is 0. The number of rotatable bonds is 6. The number of fused-ring (bicyclic) bond motifs is 5. The summed E-state index contributed by atoms with van der Waals surface area (Å²) in [6.07, 6.45) is 6.08. The van der Waals surface area contributed by atoms with Crippen LogP contribution >= 0.6 is 0 Å². The molecule has 0 unspecified atom stereocenters. The lowest BCUT2D eigenvalue weighted by atomic mass is 9.96. The number of furan rings is 1. The first-order valence-corrected chi connectivity index (χ1v) is 16.9. The molecule has 9 aromatic rings. The molecule has 0 aliphatic heterocycles. The van der Waals surface area contributed by atoms with E-state index in [4.69, 9.17) is 4.42 Å². The van der Waals surface area contributed by atoms with E-state index in [9.17, 15) is 0 Å². The minimum atomic E-state index is 0.866. The van der Waals surface area contributed by atoms with Gasteiger partial charge in [0.25, 0.3) is 0 Å². The summed E-state index contributed by atoms with van der Waals surface area (Å²) >= 11 is 0. The van der Waals surface area contributed by atoms with E-state index in [1.54, 1.807) is 0 Å². The van der Waals surface area contributed by atoms with Crippen LogP contribution in [0.2, 0.25) is 0 Å². The van der Waals surface area contributed by atoms with E-state index in [1.807, 2.05) is 24.3 Å². The summed E-state index contributed by atoms with van der Waals surface area (Å²) in [5.74, 6) is 0. The highest BCUT2D eigenvalue weighted by molar-refractivity contribution is 6.06. The highest BCUT2D eigenvalue weighted by atomic mass is 16.3. The van der Waals surface area contributed by atoms with Crippen molar-refractivity contribution in [2.75, 3.05) is 4.90 Å². The smallest absolute Gasteiger partial charge is 0.137 e. The van der Waals surface area contributed by atoms with Crippen molar-refractivity contribution in [2.24, 2.45) is 0 Å². The van der Waals surface area contributed by atoms with Gasteiger partial charge in [0.2, 0.25) is 0 Å². The van der Waals surface area contributed by atoms with Crippen molar-refractivity contribution in [3.63, 3.8) is 0 Å². The third-order valence-electron chi connectivity index (χ3n) is 9.58. The lowest BCUT2D eigenvalue weighted by Crippen LogP contribution is -2.27. The maximum absolute atomic E-state index is 6.31. The van der Waals surface area contributed by atoms with E-state index in [0.29, 0.717) is 0 Å². The van der Waals surface area contributed by atoms with Crippen LogP contribution in [0.4, 0.5) is 11.4 Å². The molecule has 0 amide bonds. The second-order valence-electron chi connectivity index (χ2n) is 12.7. The monoisotopic (exact) mass is 639 g/mol. The summed E-state index contributed by atoms with van der Waals surface area (Å²) in [6.45, 7) is 3.94. The van der Waals surface area contributed by atoms with Crippen LogP contribution in [0.1, 0.15) is 0 Å². The molecule has 0 fully saturated rings. The van der Waals surface area contributed by atoms with Crippen LogP contribution in [0, 0.1) is 0 Å². The number of para-hydroxylation sites is 1. The first kappa shape index (κ1) is 29.5. The molecule has 50 heavy (non-hydrogen) atoms. The summed E-state index contributed by atoms with van der Waals surface area (Å²) in [5.41, 5.74) is 8.72. The third-order valence-corrected chi connectivity index (χ3v) is 9.58. The zero-order valence-electron chi connectivity index (χ0n) is 27.5. The minimum absolute atomic E-state index is 0.866. The molecule has 0 saturated carbocycles. The summed E-state index contributed by atoms with van der Waals surface area (Å²) < 4.78 is 6.31. The number of hydrogen-bond acceptors (Lipinski definition) is 2. The molecule has 1 aromatic heterocycles. The molecule has 0 aliphatic rings. The Bertz CT molecular complexity index is 2840. The number of hydrogen-bond donors (Lipinski definition) is 0. The number of nitrogens with zero attached hydrogens (tertiary/aromatic N) is 1. The van der Waals surface area contributed by atoms with E-state index in [0.717, 1.165) is 43.8 Å². The number of allylic oxidation sites excluding steroid dienone is 1. The zero-order valence-corrected chi connectivity index (χ0v) is 27.5. The SMILES string of the molecule is C=C/C=c1/cccc/c1=C\N(c1ccc2cc(-c3ccc4cc(-c5ccccc5)ccc4c3)ccc2c1)c1ccc2c(c1)oc1ccccc12. The Kier molecular flexibility index (Phi) is 7.33. The lowest BCUT2D eigenvalue weighted by molar-refractivity contribution is 0.669. The Hall–Kier alpha value is -6.64. The van der Waals surface area contributed by atoms with Gasteiger partial charge >= 0.3 is 0 Å². The van der Waals surface area contributed by atoms with Crippen LogP contribution in [0.15, 0.2) is 187 Å². The van der Waals surface area contributed by atoms with Crippen molar-refractivity contribution in [3.05, 3.63) is 193 Å². The van der Waals surface area contributed by atoms with E-state index < -0.39 is 0 Å². The van der Waals surface area contributed by atoms with Crippen molar-refractivity contribution < 1.29 is 4.42 Å². The first-order chi connectivity index (χ1) is 24.7.